The molecule has 1 fully saturated rings. The lowest BCUT2D eigenvalue weighted by atomic mass is 10.2. The Morgan fingerprint density at radius 3 is 2.54 bits per heavy atom. The highest BCUT2D eigenvalue weighted by atomic mass is 19.4. The average molecular weight is 348 g/mol. The van der Waals surface area contributed by atoms with E-state index in [-0.39, 0.29) is 30.7 Å². The molecule has 1 aromatic rings. The predicted molar refractivity (Wildman–Crippen MR) is 77.4 cm³/mol. The van der Waals surface area contributed by atoms with Crippen LogP contribution in [-0.4, -0.2) is 59.2 Å². The van der Waals surface area contributed by atoms with Crippen molar-refractivity contribution in [3.05, 3.63) is 17.8 Å². The number of rotatable bonds is 4. The van der Waals surface area contributed by atoms with Crippen molar-refractivity contribution in [2.45, 2.75) is 38.8 Å². The van der Waals surface area contributed by atoms with E-state index in [2.05, 4.69) is 20.3 Å². The third kappa shape index (κ3) is 5.84. The lowest BCUT2D eigenvalue weighted by molar-refractivity contribution is -0.154. The second-order valence-corrected chi connectivity index (χ2v) is 5.59. The van der Waals surface area contributed by atoms with Gasteiger partial charge < -0.3 is 19.7 Å². The first-order chi connectivity index (χ1) is 11.2. The number of carbonyl (C=O) groups is 1. The van der Waals surface area contributed by atoms with Crippen molar-refractivity contribution in [3.8, 4) is 5.88 Å². The van der Waals surface area contributed by atoms with E-state index in [9.17, 15) is 18.0 Å². The Morgan fingerprint density at radius 2 is 2.00 bits per heavy atom. The first-order valence-electron chi connectivity index (χ1n) is 7.43. The smallest absolute Gasteiger partial charge is 0.422 e. The Kier molecular flexibility index (Phi) is 5.81. The molecule has 2 rings (SSSR count). The second-order valence-electron chi connectivity index (χ2n) is 5.59. The minimum Gasteiger partial charge on any atom is -0.467 e. The van der Waals surface area contributed by atoms with Crippen molar-refractivity contribution in [2.75, 3.05) is 19.7 Å². The van der Waals surface area contributed by atoms with Crippen LogP contribution in [0.15, 0.2) is 12.1 Å². The maximum Gasteiger partial charge on any atom is 0.422 e. The van der Waals surface area contributed by atoms with E-state index in [4.69, 9.17) is 4.74 Å². The largest absolute Gasteiger partial charge is 0.467 e. The van der Waals surface area contributed by atoms with Gasteiger partial charge in [0, 0.05) is 19.2 Å². The third-order valence-electron chi connectivity index (χ3n) is 3.21. The summed E-state index contributed by atoms with van der Waals surface area (Å²) >= 11 is 0. The van der Waals surface area contributed by atoms with Gasteiger partial charge in [-0.2, -0.15) is 18.3 Å². The topological polar surface area (TPSA) is 76.6 Å². The summed E-state index contributed by atoms with van der Waals surface area (Å²) in [6, 6.07) is 2.47. The van der Waals surface area contributed by atoms with Crippen LogP contribution in [0.2, 0.25) is 0 Å². The molecule has 10 heteroatoms. The summed E-state index contributed by atoms with van der Waals surface area (Å²) in [7, 11) is 0. The number of amides is 2. The Balaban J connectivity index is 1.80. The fourth-order valence-electron chi connectivity index (χ4n) is 2.30. The minimum atomic E-state index is -4.43. The van der Waals surface area contributed by atoms with E-state index in [1.165, 1.54) is 12.1 Å². The van der Waals surface area contributed by atoms with Crippen LogP contribution >= 0.6 is 0 Å². The molecule has 2 amide bonds. The minimum absolute atomic E-state index is 0.0376. The summed E-state index contributed by atoms with van der Waals surface area (Å²) in [6.45, 7) is 3.46. The van der Waals surface area contributed by atoms with Gasteiger partial charge in [0.1, 0.15) is 0 Å². The van der Waals surface area contributed by atoms with Gasteiger partial charge >= 0.3 is 12.2 Å². The van der Waals surface area contributed by atoms with Gasteiger partial charge in [0.2, 0.25) is 5.88 Å². The molecule has 0 bridgehead atoms. The summed E-state index contributed by atoms with van der Waals surface area (Å²) in [5, 5.41) is 9.96. The van der Waals surface area contributed by atoms with Crippen LogP contribution in [0, 0.1) is 0 Å². The molecule has 1 N–H and O–H groups in total. The van der Waals surface area contributed by atoms with Crippen molar-refractivity contribution >= 4 is 6.03 Å². The SMILES string of the molecule is C[C@@H]1CN(C(=O)NCc2ccc(OCC(F)(F)F)nn2)C[C@H](C)O1. The summed E-state index contributed by atoms with van der Waals surface area (Å²) in [4.78, 5) is 13.7. The molecule has 0 spiro atoms. The zero-order valence-electron chi connectivity index (χ0n) is 13.3. The molecule has 1 aromatic heterocycles. The maximum absolute atomic E-state index is 12.1. The lowest BCUT2D eigenvalue weighted by Gasteiger charge is -2.35. The normalized spacial score (nSPS) is 21.5. The molecule has 0 aliphatic carbocycles. The number of nitrogens with zero attached hydrogens (tertiary/aromatic N) is 3. The van der Waals surface area contributed by atoms with E-state index in [0.29, 0.717) is 18.8 Å². The number of alkyl halides is 3. The molecule has 2 heterocycles. The summed E-state index contributed by atoms with van der Waals surface area (Å²) in [5.74, 6) is -0.224. The quantitative estimate of drug-likeness (QED) is 0.897. The number of aromatic nitrogens is 2. The molecule has 0 aromatic carbocycles. The Hall–Kier alpha value is -2.10. The van der Waals surface area contributed by atoms with Gasteiger partial charge in [-0.1, -0.05) is 0 Å². The number of morpholine rings is 1. The van der Waals surface area contributed by atoms with Gasteiger partial charge in [0.05, 0.1) is 24.4 Å². The molecule has 1 saturated heterocycles. The van der Waals surface area contributed by atoms with Gasteiger partial charge in [-0.3, -0.25) is 0 Å². The van der Waals surface area contributed by atoms with Crippen molar-refractivity contribution in [3.63, 3.8) is 0 Å². The Labute approximate surface area is 137 Å². The van der Waals surface area contributed by atoms with Gasteiger partial charge in [-0.15, -0.1) is 5.10 Å². The summed E-state index contributed by atoms with van der Waals surface area (Å²) in [6.07, 6.45) is -4.51. The van der Waals surface area contributed by atoms with Gasteiger partial charge in [-0.05, 0) is 19.9 Å². The molecule has 0 saturated carbocycles. The van der Waals surface area contributed by atoms with Crippen LogP contribution in [0.3, 0.4) is 0 Å². The molecule has 0 unspecified atom stereocenters. The second kappa shape index (κ2) is 7.65. The maximum atomic E-state index is 12.1. The number of halogens is 3. The number of ether oxygens (including phenoxy) is 2. The van der Waals surface area contributed by atoms with Crippen molar-refractivity contribution in [1.29, 1.82) is 0 Å². The molecule has 134 valence electrons. The van der Waals surface area contributed by atoms with Crippen LogP contribution in [0.5, 0.6) is 5.88 Å². The number of urea groups is 1. The van der Waals surface area contributed by atoms with Gasteiger partial charge in [-0.25, -0.2) is 4.79 Å². The first kappa shape index (κ1) is 18.2. The van der Waals surface area contributed by atoms with Crippen LogP contribution in [-0.2, 0) is 11.3 Å². The molecule has 2 atom stereocenters. The summed E-state index contributed by atoms with van der Waals surface area (Å²) < 4.78 is 46.1. The zero-order chi connectivity index (χ0) is 17.7. The lowest BCUT2D eigenvalue weighted by Crippen LogP contribution is -2.51. The van der Waals surface area contributed by atoms with Crippen LogP contribution in [0.4, 0.5) is 18.0 Å². The number of hydrogen-bond donors (Lipinski definition) is 1. The fourth-order valence-corrected chi connectivity index (χ4v) is 2.30. The van der Waals surface area contributed by atoms with Crippen LogP contribution < -0.4 is 10.1 Å². The summed E-state index contributed by atoms with van der Waals surface area (Å²) in [5.41, 5.74) is 0.414. The molecule has 0 radical (unpaired) electrons. The van der Waals surface area contributed by atoms with Crippen LogP contribution in [0.1, 0.15) is 19.5 Å². The van der Waals surface area contributed by atoms with Crippen molar-refractivity contribution < 1.29 is 27.4 Å². The zero-order valence-corrected chi connectivity index (χ0v) is 13.3. The van der Waals surface area contributed by atoms with Gasteiger partial charge in [0.15, 0.2) is 6.61 Å². The van der Waals surface area contributed by atoms with E-state index < -0.39 is 12.8 Å². The third-order valence-corrected chi connectivity index (χ3v) is 3.21. The van der Waals surface area contributed by atoms with E-state index in [1.54, 1.807) is 4.90 Å². The van der Waals surface area contributed by atoms with E-state index in [1.807, 2.05) is 13.8 Å². The molecular weight excluding hydrogens is 329 g/mol. The number of hydrogen-bond acceptors (Lipinski definition) is 5. The highest BCUT2D eigenvalue weighted by Gasteiger charge is 2.29. The Morgan fingerprint density at radius 1 is 1.33 bits per heavy atom. The molecule has 7 nitrogen and oxygen atoms in total. The van der Waals surface area contributed by atoms with Crippen LogP contribution in [0.25, 0.3) is 0 Å². The molecular formula is C14H19F3N4O3. The predicted octanol–water partition coefficient (Wildman–Crippen LogP) is 1.74. The van der Waals surface area contributed by atoms with Gasteiger partial charge in [0.25, 0.3) is 0 Å². The van der Waals surface area contributed by atoms with E-state index >= 15 is 0 Å². The first-order valence-corrected chi connectivity index (χ1v) is 7.43. The Bertz CT molecular complexity index is 543. The monoisotopic (exact) mass is 348 g/mol. The number of carbonyl (C=O) groups excluding carboxylic acids is 1. The number of nitrogens with one attached hydrogen (secondary N) is 1. The highest BCUT2D eigenvalue weighted by molar-refractivity contribution is 5.74. The molecule has 1 aliphatic rings. The average Bonchev–Trinajstić information content (AvgIpc) is 2.50. The van der Waals surface area contributed by atoms with Crippen molar-refractivity contribution in [1.82, 2.24) is 20.4 Å². The fraction of sp³-hybridized carbons (Fsp3) is 0.643. The standard InChI is InChI=1S/C14H19F3N4O3/c1-9-6-21(7-10(2)24-9)13(22)18-5-11-3-4-12(20-19-11)23-8-14(15,16)17/h3-4,9-10H,5-8H2,1-2H3,(H,18,22)/t9-,10+. The molecule has 1 aliphatic heterocycles. The molecule has 24 heavy (non-hydrogen) atoms. The van der Waals surface area contributed by atoms with Crippen molar-refractivity contribution in [2.24, 2.45) is 0 Å². The van der Waals surface area contributed by atoms with E-state index in [0.717, 1.165) is 0 Å². The highest BCUT2D eigenvalue weighted by Crippen LogP contribution is 2.16.